The van der Waals surface area contributed by atoms with Crippen LogP contribution in [0, 0.1) is 0 Å². The molecule has 2 atom stereocenters. The monoisotopic (exact) mass is 510 g/mol. The molecule has 1 unspecified atom stereocenters. The number of carboxylic acids is 2. The molecule has 1 saturated carbocycles. The van der Waals surface area contributed by atoms with Crippen LogP contribution < -0.4 is 5.32 Å². The number of benzene rings is 1. The predicted octanol–water partition coefficient (Wildman–Crippen LogP) is 2.30. The Bertz CT molecular complexity index is 931. The van der Waals surface area contributed by atoms with Gasteiger partial charge in [0.05, 0.1) is 25.3 Å². The number of hydrogen-bond acceptors (Lipinski definition) is 6. The quantitative estimate of drug-likeness (QED) is 0.394. The van der Waals surface area contributed by atoms with Gasteiger partial charge in [-0.15, -0.1) is 0 Å². The third-order valence-corrected chi connectivity index (χ3v) is 5.80. The van der Waals surface area contributed by atoms with Crippen LogP contribution in [-0.2, 0) is 38.0 Å². The largest absolute Gasteiger partial charge is 0.480 e. The average Bonchev–Trinajstić information content (AvgIpc) is 2.79. The summed E-state index contributed by atoms with van der Waals surface area (Å²) in [6.07, 6.45) is 4.88. The molecule has 0 spiro atoms. The van der Waals surface area contributed by atoms with E-state index in [4.69, 9.17) is 0 Å². The molecule has 1 aromatic carbocycles. The van der Waals surface area contributed by atoms with E-state index in [1.807, 2.05) is 35.2 Å². The van der Waals surface area contributed by atoms with Crippen molar-refractivity contribution in [2.75, 3.05) is 25.0 Å². The van der Waals surface area contributed by atoms with Gasteiger partial charge in [-0.3, -0.25) is 29.2 Å². The maximum Gasteiger partial charge on any atom is 0.317 e. The standard InChI is InChI=1S/C24H30N4O5.Fe/c29-22(26-18-8-2-1-3-9-18)15-28(17-24(32)33)21-12-5-4-11-20(21)27(16-23(30)31)14-19-10-6-7-13-25-19;/h1-3,6-10,13,20-21H,4-5,11-12,14-17H2,(H,26,29)(H,30,31)(H,32,33);/t20?,21-;/m0./s1. The summed E-state index contributed by atoms with van der Waals surface area (Å²) in [5.41, 5.74) is 1.38. The second-order valence-corrected chi connectivity index (χ2v) is 8.25. The van der Waals surface area contributed by atoms with Crippen LogP contribution >= 0.6 is 0 Å². The Balaban J connectivity index is 0.00000408. The Morgan fingerprint density at radius 2 is 1.44 bits per heavy atom. The van der Waals surface area contributed by atoms with Crippen LogP contribution in [0.1, 0.15) is 31.4 Å². The SMILES string of the molecule is O=C(O)CN(Cc1ccccn1)C1CCCC[C@@H]1N(CC(=O)O)CC(=O)Nc1ccccc1.[Fe]. The van der Waals surface area contributed by atoms with E-state index in [-0.39, 0.29) is 54.7 Å². The third-order valence-electron chi connectivity index (χ3n) is 5.80. The Morgan fingerprint density at radius 3 is 2.03 bits per heavy atom. The number of amides is 1. The Kier molecular flexibility index (Phi) is 11.2. The van der Waals surface area contributed by atoms with E-state index in [9.17, 15) is 24.6 Å². The summed E-state index contributed by atoms with van der Waals surface area (Å²) < 4.78 is 0. The van der Waals surface area contributed by atoms with Crippen molar-refractivity contribution in [3.8, 4) is 0 Å². The van der Waals surface area contributed by atoms with E-state index in [2.05, 4.69) is 10.3 Å². The molecule has 184 valence electrons. The number of para-hydroxylation sites is 1. The number of aliphatic carboxylic acids is 2. The van der Waals surface area contributed by atoms with Gasteiger partial charge in [-0.1, -0.05) is 37.1 Å². The van der Waals surface area contributed by atoms with E-state index in [1.54, 1.807) is 29.3 Å². The van der Waals surface area contributed by atoms with Crippen LogP contribution in [0.3, 0.4) is 0 Å². The van der Waals surface area contributed by atoms with Crippen LogP contribution in [0.4, 0.5) is 5.69 Å². The summed E-state index contributed by atoms with van der Waals surface area (Å²) in [4.78, 5) is 43.9. The molecule has 0 radical (unpaired) electrons. The fraction of sp³-hybridized carbons (Fsp3) is 0.417. The number of carbonyl (C=O) groups excluding carboxylic acids is 1. The number of pyridine rings is 1. The molecule has 34 heavy (non-hydrogen) atoms. The van der Waals surface area contributed by atoms with Gasteiger partial charge in [-0.05, 0) is 37.1 Å². The summed E-state index contributed by atoms with van der Waals surface area (Å²) in [6, 6.07) is 14.0. The van der Waals surface area contributed by atoms with E-state index in [0.29, 0.717) is 18.7 Å². The molecule has 1 aliphatic carbocycles. The topological polar surface area (TPSA) is 123 Å². The second-order valence-electron chi connectivity index (χ2n) is 8.25. The number of aromatic nitrogens is 1. The van der Waals surface area contributed by atoms with Gasteiger partial charge in [0.1, 0.15) is 0 Å². The van der Waals surface area contributed by atoms with E-state index < -0.39 is 11.9 Å². The Hall–Kier alpha value is -2.78. The molecule has 9 nitrogen and oxygen atoms in total. The normalized spacial score (nSPS) is 17.7. The maximum absolute atomic E-state index is 12.7. The van der Waals surface area contributed by atoms with E-state index in [0.717, 1.165) is 25.0 Å². The number of hydrogen-bond donors (Lipinski definition) is 3. The molecule has 1 heterocycles. The minimum absolute atomic E-state index is 0. The van der Waals surface area contributed by atoms with Crippen LogP contribution in [0.25, 0.3) is 0 Å². The van der Waals surface area contributed by atoms with E-state index in [1.165, 1.54) is 0 Å². The first-order valence-electron chi connectivity index (χ1n) is 11.1. The summed E-state index contributed by atoms with van der Waals surface area (Å²) in [5.74, 6) is -2.29. The van der Waals surface area contributed by atoms with Crippen LogP contribution in [0.15, 0.2) is 54.7 Å². The number of carbonyl (C=O) groups is 3. The molecular weight excluding hydrogens is 480 g/mol. The second kappa shape index (κ2) is 13.8. The number of nitrogens with zero attached hydrogens (tertiary/aromatic N) is 3. The van der Waals surface area contributed by atoms with Crippen LogP contribution in [-0.4, -0.2) is 74.6 Å². The molecule has 1 amide bonds. The molecule has 2 aromatic rings. The van der Waals surface area contributed by atoms with Gasteiger partial charge in [0.25, 0.3) is 0 Å². The number of nitrogens with one attached hydrogen (secondary N) is 1. The van der Waals surface area contributed by atoms with E-state index >= 15 is 0 Å². The van der Waals surface area contributed by atoms with Crippen molar-refractivity contribution in [1.82, 2.24) is 14.8 Å². The predicted molar refractivity (Wildman–Crippen MR) is 123 cm³/mol. The number of anilines is 1. The smallest absolute Gasteiger partial charge is 0.317 e. The minimum Gasteiger partial charge on any atom is -0.480 e. The third kappa shape index (κ3) is 8.53. The zero-order valence-electron chi connectivity index (χ0n) is 18.8. The molecule has 0 bridgehead atoms. The zero-order valence-corrected chi connectivity index (χ0v) is 19.9. The molecule has 3 N–H and O–H groups in total. The fourth-order valence-electron chi connectivity index (χ4n) is 4.48. The number of rotatable bonds is 11. The van der Waals surface area contributed by atoms with Crippen LogP contribution in [0.5, 0.6) is 0 Å². The average molecular weight is 510 g/mol. The van der Waals surface area contributed by atoms with Gasteiger partial charge < -0.3 is 15.5 Å². The van der Waals surface area contributed by atoms with Gasteiger partial charge in [0.2, 0.25) is 5.91 Å². The van der Waals surface area contributed by atoms with Crippen molar-refractivity contribution in [3.63, 3.8) is 0 Å². The van der Waals surface area contributed by atoms with Gasteiger partial charge in [-0.25, -0.2) is 0 Å². The summed E-state index contributed by atoms with van der Waals surface area (Å²) in [6.45, 7) is -0.235. The summed E-state index contributed by atoms with van der Waals surface area (Å²) in [7, 11) is 0. The van der Waals surface area contributed by atoms with Crippen molar-refractivity contribution < 1.29 is 41.7 Å². The maximum atomic E-state index is 12.7. The first-order valence-corrected chi connectivity index (χ1v) is 11.1. The molecule has 1 fully saturated rings. The fourth-order valence-corrected chi connectivity index (χ4v) is 4.48. The Labute approximate surface area is 209 Å². The van der Waals surface area contributed by atoms with Crippen molar-refractivity contribution in [3.05, 3.63) is 60.4 Å². The summed E-state index contributed by atoms with van der Waals surface area (Å²) >= 11 is 0. The zero-order chi connectivity index (χ0) is 23.6. The molecule has 3 rings (SSSR count). The first kappa shape index (κ1) is 27.5. The molecular formula is C24H30FeN4O5. The molecule has 0 aliphatic heterocycles. The minimum atomic E-state index is -1.03. The van der Waals surface area contributed by atoms with Crippen molar-refractivity contribution in [2.45, 2.75) is 44.3 Å². The van der Waals surface area contributed by atoms with Crippen LogP contribution in [0.2, 0.25) is 0 Å². The van der Waals surface area contributed by atoms with Gasteiger partial charge >= 0.3 is 11.9 Å². The molecule has 1 aliphatic rings. The molecule has 1 aromatic heterocycles. The van der Waals surface area contributed by atoms with Crippen molar-refractivity contribution in [2.24, 2.45) is 0 Å². The Morgan fingerprint density at radius 1 is 0.853 bits per heavy atom. The van der Waals surface area contributed by atoms with Crippen molar-refractivity contribution in [1.29, 1.82) is 0 Å². The van der Waals surface area contributed by atoms with Crippen molar-refractivity contribution >= 4 is 23.5 Å². The van der Waals surface area contributed by atoms with Gasteiger partial charge in [0.15, 0.2) is 0 Å². The molecule has 0 saturated heterocycles. The molecule has 10 heteroatoms. The van der Waals surface area contributed by atoms with Gasteiger partial charge in [-0.2, -0.15) is 0 Å². The van der Waals surface area contributed by atoms with Gasteiger partial charge in [0, 0.05) is 47.6 Å². The first-order chi connectivity index (χ1) is 15.9. The number of carboxylic acid groups (broad SMARTS) is 2. The summed E-state index contributed by atoms with van der Waals surface area (Å²) in [5, 5.41) is 21.9.